The molecule has 1 aliphatic heterocycles. The molecule has 140 valence electrons. The molecule has 0 spiro atoms. The second-order valence-corrected chi connectivity index (χ2v) is 7.98. The molecular formula is C20H22N4O2S. The Bertz CT molecular complexity index is 834. The highest BCUT2D eigenvalue weighted by Crippen LogP contribution is 2.41. The van der Waals surface area contributed by atoms with Crippen molar-refractivity contribution in [1.29, 1.82) is 10.5 Å². The summed E-state index contributed by atoms with van der Waals surface area (Å²) in [6.07, 6.45) is 0. The Morgan fingerprint density at radius 1 is 1.33 bits per heavy atom. The number of rotatable bonds is 6. The molecule has 1 aromatic rings. The van der Waals surface area contributed by atoms with Gasteiger partial charge in [-0.3, -0.25) is 9.59 Å². The fraction of sp³-hybridized carbons (Fsp3) is 0.400. The molecule has 0 radical (unpaired) electrons. The lowest BCUT2D eigenvalue weighted by Gasteiger charge is -2.34. The summed E-state index contributed by atoms with van der Waals surface area (Å²) < 4.78 is 0. The number of allylic oxidation sites excluding steroid dienone is 1. The number of carbonyl (C=O) groups is 2. The molecule has 0 saturated heterocycles. The van der Waals surface area contributed by atoms with Gasteiger partial charge in [-0.15, -0.1) is 0 Å². The smallest absolute Gasteiger partial charge is 0.243 e. The van der Waals surface area contributed by atoms with Crippen molar-refractivity contribution in [2.75, 3.05) is 12.3 Å². The molecule has 0 bridgehead atoms. The van der Waals surface area contributed by atoms with Gasteiger partial charge in [-0.25, -0.2) is 0 Å². The van der Waals surface area contributed by atoms with Crippen molar-refractivity contribution in [3.63, 3.8) is 0 Å². The summed E-state index contributed by atoms with van der Waals surface area (Å²) in [6, 6.07) is 13.9. The molecule has 0 saturated carbocycles. The van der Waals surface area contributed by atoms with Crippen LogP contribution in [0.1, 0.15) is 32.3 Å². The monoisotopic (exact) mass is 382 g/mol. The second kappa shape index (κ2) is 8.75. The number of carbonyl (C=O) groups excluding carboxylic acids is 2. The minimum Gasteiger partial charge on any atom is -0.355 e. The van der Waals surface area contributed by atoms with E-state index in [9.17, 15) is 20.1 Å². The number of nitrogens with zero attached hydrogens (tertiary/aromatic N) is 2. The molecule has 2 atom stereocenters. The first-order chi connectivity index (χ1) is 12.8. The molecule has 2 rings (SSSR count). The predicted octanol–water partition coefficient (Wildman–Crippen LogP) is 2.67. The summed E-state index contributed by atoms with van der Waals surface area (Å²) in [5.74, 6) is -1.30. The third kappa shape index (κ3) is 4.69. The molecule has 1 aliphatic rings. The summed E-state index contributed by atoms with van der Waals surface area (Å²) in [5, 5.41) is 24.5. The van der Waals surface area contributed by atoms with Crippen LogP contribution in [0.25, 0.3) is 0 Å². The largest absolute Gasteiger partial charge is 0.355 e. The third-order valence-electron chi connectivity index (χ3n) is 4.65. The summed E-state index contributed by atoms with van der Waals surface area (Å²) in [5.41, 5.74) is 0.569. The van der Waals surface area contributed by atoms with Crippen molar-refractivity contribution in [3.05, 3.63) is 46.5 Å². The standard InChI is InChI=1S/C20H22N4O2S/c1-13(14-7-5-4-6-8-14)11-23-17(25)12-27-19-16(10-22)20(2,3)15(9-21)18(26)24-19/h4-8,13,15H,11-12H2,1-3H3,(H,23,25)(H,24,26)/t13-,15-/m1/s1. The molecule has 0 fully saturated rings. The maximum atomic E-state index is 12.2. The average Bonchev–Trinajstić information content (AvgIpc) is 2.64. The molecule has 2 amide bonds. The van der Waals surface area contributed by atoms with E-state index < -0.39 is 17.2 Å². The first kappa shape index (κ1) is 20.5. The molecule has 1 aromatic carbocycles. The Kier molecular flexibility index (Phi) is 6.65. The topological polar surface area (TPSA) is 106 Å². The number of nitriles is 2. The quantitative estimate of drug-likeness (QED) is 0.787. The maximum absolute atomic E-state index is 12.2. The van der Waals surface area contributed by atoms with Crippen LogP contribution in [0.5, 0.6) is 0 Å². The van der Waals surface area contributed by atoms with E-state index in [1.165, 1.54) is 0 Å². The first-order valence-electron chi connectivity index (χ1n) is 8.61. The predicted molar refractivity (Wildman–Crippen MR) is 104 cm³/mol. The van der Waals surface area contributed by atoms with Crippen LogP contribution in [0.15, 0.2) is 40.9 Å². The minimum absolute atomic E-state index is 0.0790. The molecule has 0 aromatic heterocycles. The zero-order valence-corrected chi connectivity index (χ0v) is 16.4. The second-order valence-electron chi connectivity index (χ2n) is 6.99. The summed E-state index contributed by atoms with van der Waals surface area (Å²) in [7, 11) is 0. The van der Waals surface area contributed by atoms with Gasteiger partial charge in [0.05, 0.1) is 28.5 Å². The van der Waals surface area contributed by atoms with Crippen LogP contribution in [0.3, 0.4) is 0 Å². The molecular weight excluding hydrogens is 360 g/mol. The van der Waals surface area contributed by atoms with Gasteiger partial charge < -0.3 is 10.6 Å². The van der Waals surface area contributed by atoms with E-state index in [2.05, 4.69) is 16.7 Å². The van der Waals surface area contributed by atoms with Gasteiger partial charge in [0.15, 0.2) is 0 Å². The SMILES string of the molecule is C[C@H](CNC(=O)CSC1=C(C#N)C(C)(C)[C@H](C#N)C(=O)N1)c1ccccc1. The molecule has 6 nitrogen and oxygen atoms in total. The summed E-state index contributed by atoms with van der Waals surface area (Å²) >= 11 is 1.11. The summed E-state index contributed by atoms with van der Waals surface area (Å²) in [6.45, 7) is 5.92. The van der Waals surface area contributed by atoms with E-state index >= 15 is 0 Å². The third-order valence-corrected chi connectivity index (χ3v) is 5.66. The van der Waals surface area contributed by atoms with Crippen LogP contribution in [0.2, 0.25) is 0 Å². The number of amides is 2. The van der Waals surface area contributed by atoms with Gasteiger partial charge in [-0.05, 0) is 11.5 Å². The van der Waals surface area contributed by atoms with Gasteiger partial charge in [0.1, 0.15) is 5.92 Å². The van der Waals surface area contributed by atoms with Gasteiger partial charge in [0, 0.05) is 12.0 Å². The normalized spacial score (nSPS) is 19.4. The Morgan fingerprint density at radius 3 is 2.59 bits per heavy atom. The first-order valence-corrected chi connectivity index (χ1v) is 9.59. The number of thioether (sulfide) groups is 1. The van der Waals surface area contributed by atoms with Gasteiger partial charge in [-0.2, -0.15) is 10.5 Å². The van der Waals surface area contributed by atoms with E-state index in [4.69, 9.17) is 0 Å². The number of benzene rings is 1. The van der Waals surface area contributed by atoms with Crippen molar-refractivity contribution in [3.8, 4) is 12.1 Å². The Morgan fingerprint density at radius 2 is 2.00 bits per heavy atom. The fourth-order valence-electron chi connectivity index (χ4n) is 2.89. The molecule has 1 heterocycles. The zero-order valence-electron chi connectivity index (χ0n) is 15.6. The van der Waals surface area contributed by atoms with Gasteiger partial charge in [0.2, 0.25) is 11.8 Å². The lowest BCUT2D eigenvalue weighted by atomic mass is 9.72. The van der Waals surface area contributed by atoms with Gasteiger partial charge >= 0.3 is 0 Å². The number of hydrogen-bond donors (Lipinski definition) is 2. The lowest BCUT2D eigenvalue weighted by Crippen LogP contribution is -2.44. The van der Waals surface area contributed by atoms with Crippen molar-refractivity contribution < 1.29 is 9.59 Å². The number of hydrogen-bond acceptors (Lipinski definition) is 5. The van der Waals surface area contributed by atoms with Crippen molar-refractivity contribution in [2.24, 2.45) is 11.3 Å². The van der Waals surface area contributed by atoms with Crippen molar-refractivity contribution in [1.82, 2.24) is 10.6 Å². The highest BCUT2D eigenvalue weighted by Gasteiger charge is 2.44. The highest BCUT2D eigenvalue weighted by molar-refractivity contribution is 8.03. The maximum Gasteiger partial charge on any atom is 0.243 e. The summed E-state index contributed by atoms with van der Waals surface area (Å²) in [4.78, 5) is 24.3. The molecule has 27 heavy (non-hydrogen) atoms. The van der Waals surface area contributed by atoms with Crippen LogP contribution < -0.4 is 10.6 Å². The Labute approximate surface area is 163 Å². The van der Waals surface area contributed by atoms with E-state index in [-0.39, 0.29) is 17.6 Å². The van der Waals surface area contributed by atoms with Gasteiger partial charge in [-0.1, -0.05) is 62.9 Å². The van der Waals surface area contributed by atoms with Crippen LogP contribution in [-0.4, -0.2) is 24.1 Å². The van der Waals surface area contributed by atoms with Crippen LogP contribution in [-0.2, 0) is 9.59 Å². The van der Waals surface area contributed by atoms with Crippen molar-refractivity contribution >= 4 is 23.6 Å². The fourth-order valence-corrected chi connectivity index (χ4v) is 3.89. The van der Waals surface area contributed by atoms with E-state index in [1.807, 2.05) is 43.3 Å². The minimum atomic E-state index is -0.933. The van der Waals surface area contributed by atoms with E-state index in [0.717, 1.165) is 17.3 Å². The zero-order chi connectivity index (χ0) is 20.0. The molecule has 7 heteroatoms. The Balaban J connectivity index is 1.98. The van der Waals surface area contributed by atoms with Crippen LogP contribution in [0, 0.1) is 34.0 Å². The lowest BCUT2D eigenvalue weighted by molar-refractivity contribution is -0.125. The molecule has 0 unspecified atom stereocenters. The number of nitrogens with one attached hydrogen (secondary N) is 2. The average molecular weight is 382 g/mol. The van der Waals surface area contributed by atoms with E-state index in [1.54, 1.807) is 13.8 Å². The van der Waals surface area contributed by atoms with Gasteiger partial charge in [0.25, 0.3) is 0 Å². The highest BCUT2D eigenvalue weighted by atomic mass is 32.2. The van der Waals surface area contributed by atoms with Crippen molar-refractivity contribution in [2.45, 2.75) is 26.7 Å². The molecule has 0 aliphatic carbocycles. The molecule has 2 N–H and O–H groups in total. The van der Waals surface area contributed by atoms with Crippen LogP contribution in [0.4, 0.5) is 0 Å². The van der Waals surface area contributed by atoms with E-state index in [0.29, 0.717) is 17.1 Å². The van der Waals surface area contributed by atoms with Crippen LogP contribution >= 0.6 is 11.8 Å². The Hall–Kier alpha value is -2.77.